The summed E-state index contributed by atoms with van der Waals surface area (Å²) in [6.07, 6.45) is 0.217. The number of amides is 1. The zero-order valence-corrected chi connectivity index (χ0v) is 18.9. The van der Waals surface area contributed by atoms with E-state index in [4.69, 9.17) is 0 Å². The van der Waals surface area contributed by atoms with Gasteiger partial charge in [-0.1, -0.05) is 0 Å². The summed E-state index contributed by atoms with van der Waals surface area (Å²) in [7, 11) is 0. The van der Waals surface area contributed by atoms with E-state index < -0.39 is 6.36 Å². The van der Waals surface area contributed by atoms with Crippen LogP contribution in [0.15, 0.2) is 42.6 Å². The van der Waals surface area contributed by atoms with Crippen molar-refractivity contribution in [1.29, 1.82) is 0 Å². The van der Waals surface area contributed by atoms with Crippen molar-refractivity contribution in [2.24, 2.45) is 0 Å². The molecule has 2 saturated heterocycles. The maximum absolute atomic E-state index is 12.8. The summed E-state index contributed by atoms with van der Waals surface area (Å²) in [4.78, 5) is 23.4. The standard InChI is InChI=1S/C24H29F3N4O2/c1-23(2)16-30(19-6-8-20(9-7-19)33-24(25,26)27)17-31(23)15-18-10-11-28-21(14-18)22(32)29-12-4-3-5-13-29/h6-11,14H,3-5,12-13,15-17H2,1-2H3. The lowest BCUT2D eigenvalue weighted by Gasteiger charge is -2.30. The number of hydrogen-bond donors (Lipinski definition) is 0. The normalized spacial score (nSPS) is 19.1. The molecule has 0 radical (unpaired) electrons. The third-order valence-electron chi connectivity index (χ3n) is 6.27. The Bertz CT molecular complexity index is 972. The first-order chi connectivity index (χ1) is 15.6. The van der Waals surface area contributed by atoms with Crippen molar-refractivity contribution in [3.63, 3.8) is 0 Å². The van der Waals surface area contributed by atoms with Gasteiger partial charge in [0.1, 0.15) is 11.4 Å². The second-order valence-corrected chi connectivity index (χ2v) is 9.29. The fraction of sp³-hybridized carbons (Fsp3) is 0.500. The number of halogens is 3. The number of carbonyl (C=O) groups is 1. The molecule has 1 aromatic heterocycles. The fourth-order valence-electron chi connectivity index (χ4n) is 4.48. The van der Waals surface area contributed by atoms with Gasteiger partial charge >= 0.3 is 6.36 Å². The van der Waals surface area contributed by atoms with Crippen LogP contribution in [0.3, 0.4) is 0 Å². The number of ether oxygens (including phenoxy) is 1. The van der Waals surface area contributed by atoms with Crippen LogP contribution in [0.5, 0.6) is 5.75 Å². The minimum atomic E-state index is -4.70. The summed E-state index contributed by atoms with van der Waals surface area (Å²) in [6.45, 7) is 7.81. The molecule has 6 nitrogen and oxygen atoms in total. The molecule has 33 heavy (non-hydrogen) atoms. The van der Waals surface area contributed by atoms with Crippen molar-refractivity contribution < 1.29 is 22.7 Å². The molecular weight excluding hydrogens is 433 g/mol. The molecule has 178 valence electrons. The van der Waals surface area contributed by atoms with E-state index in [2.05, 4.69) is 33.4 Å². The highest BCUT2D eigenvalue weighted by Crippen LogP contribution is 2.32. The van der Waals surface area contributed by atoms with Crippen LogP contribution in [-0.4, -0.2) is 58.9 Å². The van der Waals surface area contributed by atoms with Crippen molar-refractivity contribution in [3.8, 4) is 5.75 Å². The number of benzene rings is 1. The van der Waals surface area contributed by atoms with Gasteiger partial charge in [-0.3, -0.25) is 14.7 Å². The van der Waals surface area contributed by atoms with Gasteiger partial charge in [0.25, 0.3) is 5.91 Å². The number of hydrogen-bond acceptors (Lipinski definition) is 5. The Morgan fingerprint density at radius 2 is 1.79 bits per heavy atom. The Balaban J connectivity index is 1.43. The largest absolute Gasteiger partial charge is 0.573 e. The van der Waals surface area contributed by atoms with Crippen LogP contribution in [-0.2, 0) is 6.54 Å². The monoisotopic (exact) mass is 462 g/mol. The van der Waals surface area contributed by atoms with E-state index in [9.17, 15) is 18.0 Å². The van der Waals surface area contributed by atoms with E-state index >= 15 is 0 Å². The van der Waals surface area contributed by atoms with Crippen LogP contribution >= 0.6 is 0 Å². The summed E-state index contributed by atoms with van der Waals surface area (Å²) >= 11 is 0. The molecule has 2 aliphatic heterocycles. The Morgan fingerprint density at radius 3 is 2.45 bits per heavy atom. The van der Waals surface area contributed by atoms with Crippen molar-refractivity contribution in [3.05, 3.63) is 53.9 Å². The number of rotatable bonds is 5. The molecule has 1 aromatic carbocycles. The minimum absolute atomic E-state index is 0.0139. The second-order valence-electron chi connectivity index (χ2n) is 9.29. The maximum atomic E-state index is 12.8. The average molecular weight is 463 g/mol. The summed E-state index contributed by atoms with van der Waals surface area (Å²) in [6, 6.07) is 9.75. The number of nitrogens with zero attached hydrogens (tertiary/aromatic N) is 4. The Hall–Kier alpha value is -2.81. The van der Waals surface area contributed by atoms with Crippen molar-refractivity contribution in [2.75, 3.05) is 31.2 Å². The van der Waals surface area contributed by atoms with Gasteiger partial charge < -0.3 is 14.5 Å². The Morgan fingerprint density at radius 1 is 1.09 bits per heavy atom. The van der Waals surface area contributed by atoms with Crippen molar-refractivity contribution in [2.45, 2.75) is 51.6 Å². The van der Waals surface area contributed by atoms with Crippen LogP contribution in [0, 0.1) is 0 Å². The molecule has 9 heteroatoms. The molecule has 0 spiro atoms. The summed E-state index contributed by atoms with van der Waals surface area (Å²) < 4.78 is 41.2. The lowest BCUT2D eigenvalue weighted by atomic mass is 10.0. The molecule has 2 aliphatic rings. The number of carbonyl (C=O) groups excluding carboxylic acids is 1. The SMILES string of the molecule is CC1(C)CN(c2ccc(OC(F)(F)F)cc2)CN1Cc1ccnc(C(=O)N2CCCCC2)c1. The van der Waals surface area contributed by atoms with Crippen molar-refractivity contribution in [1.82, 2.24) is 14.8 Å². The average Bonchev–Trinajstić information content (AvgIpc) is 3.07. The van der Waals surface area contributed by atoms with Crippen molar-refractivity contribution >= 4 is 11.6 Å². The highest BCUT2D eigenvalue weighted by atomic mass is 19.4. The van der Waals surface area contributed by atoms with Gasteiger partial charge in [0.15, 0.2) is 0 Å². The zero-order chi connectivity index (χ0) is 23.6. The number of anilines is 1. The molecule has 0 unspecified atom stereocenters. The van der Waals surface area contributed by atoms with Gasteiger partial charge in [0.05, 0.1) is 6.67 Å². The summed E-state index contributed by atoms with van der Waals surface area (Å²) in [5.74, 6) is -0.246. The first kappa shape index (κ1) is 23.4. The smallest absolute Gasteiger partial charge is 0.406 e. The van der Waals surface area contributed by atoms with Crippen LogP contribution < -0.4 is 9.64 Å². The first-order valence-corrected chi connectivity index (χ1v) is 11.2. The van der Waals surface area contributed by atoms with E-state index in [1.54, 1.807) is 18.3 Å². The predicted octanol–water partition coefficient (Wildman–Crippen LogP) is 4.66. The van der Waals surface area contributed by atoms with E-state index in [0.717, 1.165) is 50.1 Å². The number of aromatic nitrogens is 1. The number of piperidine rings is 1. The van der Waals surface area contributed by atoms with Gasteiger partial charge in [-0.2, -0.15) is 0 Å². The molecule has 2 fully saturated rings. The highest BCUT2D eigenvalue weighted by Gasteiger charge is 2.37. The molecule has 0 bridgehead atoms. The quantitative estimate of drug-likeness (QED) is 0.647. The molecule has 0 aliphatic carbocycles. The second kappa shape index (κ2) is 9.21. The molecule has 0 atom stereocenters. The van der Waals surface area contributed by atoms with Crippen LogP contribution in [0.2, 0.25) is 0 Å². The van der Waals surface area contributed by atoms with E-state index in [-0.39, 0.29) is 17.2 Å². The van der Waals surface area contributed by atoms with Crippen LogP contribution in [0.1, 0.15) is 49.2 Å². The van der Waals surface area contributed by atoms with E-state index in [1.165, 1.54) is 12.1 Å². The molecule has 0 saturated carbocycles. The Kier molecular flexibility index (Phi) is 6.52. The number of alkyl halides is 3. The predicted molar refractivity (Wildman–Crippen MR) is 119 cm³/mol. The van der Waals surface area contributed by atoms with Gasteiger partial charge in [0.2, 0.25) is 0 Å². The van der Waals surface area contributed by atoms with Gasteiger partial charge in [-0.25, -0.2) is 0 Å². The lowest BCUT2D eigenvalue weighted by molar-refractivity contribution is -0.274. The third-order valence-corrected chi connectivity index (χ3v) is 6.27. The van der Waals surface area contributed by atoms with Gasteiger partial charge in [0, 0.05) is 43.6 Å². The molecule has 0 N–H and O–H groups in total. The Labute approximate surface area is 191 Å². The maximum Gasteiger partial charge on any atom is 0.573 e. The molecule has 1 amide bonds. The minimum Gasteiger partial charge on any atom is -0.406 e. The summed E-state index contributed by atoms with van der Waals surface area (Å²) in [5, 5.41) is 0. The molecule has 4 rings (SSSR count). The van der Waals surface area contributed by atoms with Crippen LogP contribution in [0.4, 0.5) is 18.9 Å². The van der Waals surface area contributed by atoms with Gasteiger partial charge in [-0.05, 0) is 75.1 Å². The lowest BCUT2D eigenvalue weighted by Crippen LogP contribution is -2.39. The van der Waals surface area contributed by atoms with E-state index in [0.29, 0.717) is 18.9 Å². The topological polar surface area (TPSA) is 48.9 Å². The number of likely N-dealkylation sites (tertiary alicyclic amines) is 1. The fourth-order valence-corrected chi connectivity index (χ4v) is 4.48. The molecule has 2 aromatic rings. The first-order valence-electron chi connectivity index (χ1n) is 11.2. The van der Waals surface area contributed by atoms with Gasteiger partial charge in [-0.15, -0.1) is 13.2 Å². The number of pyridine rings is 1. The third kappa shape index (κ3) is 5.76. The molecule has 3 heterocycles. The molecular formula is C24H29F3N4O2. The zero-order valence-electron chi connectivity index (χ0n) is 18.9. The van der Waals surface area contributed by atoms with E-state index in [1.807, 2.05) is 17.0 Å². The summed E-state index contributed by atoms with van der Waals surface area (Å²) in [5.41, 5.74) is 2.15. The highest BCUT2D eigenvalue weighted by molar-refractivity contribution is 5.92. The van der Waals surface area contributed by atoms with Crippen LogP contribution in [0.25, 0.3) is 0 Å².